The molecule has 2 heterocycles. The van der Waals surface area contributed by atoms with Gasteiger partial charge < -0.3 is 20.1 Å². The molecule has 0 saturated heterocycles. The van der Waals surface area contributed by atoms with Crippen molar-refractivity contribution in [3.63, 3.8) is 0 Å². The van der Waals surface area contributed by atoms with Gasteiger partial charge in [-0.25, -0.2) is 4.98 Å². The number of hydrogen-bond donors (Lipinski definition) is 2. The van der Waals surface area contributed by atoms with Crippen LogP contribution in [0.2, 0.25) is 0 Å². The van der Waals surface area contributed by atoms with E-state index in [0.717, 1.165) is 11.1 Å². The lowest BCUT2D eigenvalue weighted by atomic mass is 10.1. The fourth-order valence-electron chi connectivity index (χ4n) is 3.10. The summed E-state index contributed by atoms with van der Waals surface area (Å²) in [4.78, 5) is 29.3. The topological polar surface area (TPSA) is 89.6 Å². The molecule has 0 bridgehead atoms. The van der Waals surface area contributed by atoms with Crippen LogP contribution < -0.4 is 20.1 Å². The molecule has 3 aromatic rings. The molecule has 146 valence electrons. The summed E-state index contributed by atoms with van der Waals surface area (Å²) in [5.41, 5.74) is 3.61. The van der Waals surface area contributed by atoms with Gasteiger partial charge >= 0.3 is 0 Å². The molecule has 0 aliphatic carbocycles. The molecule has 2 aromatic carbocycles. The highest BCUT2D eigenvalue weighted by Gasteiger charge is 2.16. The molecule has 29 heavy (non-hydrogen) atoms. The number of anilines is 2. The Morgan fingerprint density at radius 2 is 1.41 bits per heavy atom. The van der Waals surface area contributed by atoms with Gasteiger partial charge in [-0.1, -0.05) is 12.1 Å². The van der Waals surface area contributed by atoms with Crippen molar-refractivity contribution in [1.82, 2.24) is 4.98 Å². The van der Waals surface area contributed by atoms with Crippen LogP contribution in [0.4, 0.5) is 11.4 Å². The van der Waals surface area contributed by atoms with Crippen molar-refractivity contribution in [3.8, 4) is 11.5 Å². The van der Waals surface area contributed by atoms with Gasteiger partial charge in [0.25, 0.3) is 11.8 Å². The number of aryl methyl sites for hydroxylation is 2. The SMILES string of the molecule is Cc1cc(C)cc(NC(=O)c2cccc(C(=O)Nc3ccc4c(c3)OCO4)n2)c1. The van der Waals surface area contributed by atoms with Crippen LogP contribution in [0.25, 0.3) is 0 Å². The van der Waals surface area contributed by atoms with Crippen molar-refractivity contribution in [3.05, 3.63) is 77.1 Å². The zero-order valence-electron chi connectivity index (χ0n) is 16.0. The van der Waals surface area contributed by atoms with Crippen molar-refractivity contribution in [2.24, 2.45) is 0 Å². The number of aromatic nitrogens is 1. The number of amides is 2. The van der Waals surface area contributed by atoms with Gasteiger partial charge in [0, 0.05) is 17.4 Å². The molecule has 0 atom stereocenters. The van der Waals surface area contributed by atoms with E-state index in [2.05, 4.69) is 15.6 Å². The van der Waals surface area contributed by atoms with Crippen LogP contribution in [-0.4, -0.2) is 23.6 Å². The Kier molecular flexibility index (Phi) is 4.87. The minimum Gasteiger partial charge on any atom is -0.454 e. The van der Waals surface area contributed by atoms with E-state index >= 15 is 0 Å². The lowest BCUT2D eigenvalue weighted by Crippen LogP contribution is -2.18. The van der Waals surface area contributed by atoms with Gasteiger partial charge in [-0.3, -0.25) is 9.59 Å². The van der Waals surface area contributed by atoms with Crippen LogP contribution in [0.15, 0.2) is 54.6 Å². The average Bonchev–Trinajstić information content (AvgIpc) is 3.15. The summed E-state index contributed by atoms with van der Waals surface area (Å²) in [6, 6.07) is 15.6. The van der Waals surface area contributed by atoms with Crippen molar-refractivity contribution in [2.45, 2.75) is 13.8 Å². The summed E-state index contributed by atoms with van der Waals surface area (Å²) in [5.74, 6) is 0.390. The van der Waals surface area contributed by atoms with Crippen LogP contribution in [0, 0.1) is 13.8 Å². The first kappa shape index (κ1) is 18.5. The fraction of sp³-hybridized carbons (Fsp3) is 0.136. The molecule has 0 fully saturated rings. The highest BCUT2D eigenvalue weighted by atomic mass is 16.7. The van der Waals surface area contributed by atoms with E-state index in [4.69, 9.17) is 9.47 Å². The molecule has 7 heteroatoms. The summed E-state index contributed by atoms with van der Waals surface area (Å²) in [7, 11) is 0. The molecule has 2 amide bonds. The first-order valence-electron chi connectivity index (χ1n) is 9.06. The Hall–Kier alpha value is -3.87. The molecule has 0 unspecified atom stereocenters. The number of carbonyl (C=O) groups excluding carboxylic acids is 2. The van der Waals surface area contributed by atoms with Crippen LogP contribution in [0.3, 0.4) is 0 Å². The normalized spacial score (nSPS) is 11.8. The molecule has 1 aliphatic heterocycles. The van der Waals surface area contributed by atoms with Gasteiger partial charge in [-0.15, -0.1) is 0 Å². The number of rotatable bonds is 4. The largest absolute Gasteiger partial charge is 0.454 e. The predicted molar refractivity (Wildman–Crippen MR) is 109 cm³/mol. The molecule has 2 N–H and O–H groups in total. The molecule has 0 radical (unpaired) electrons. The highest BCUT2D eigenvalue weighted by molar-refractivity contribution is 6.06. The smallest absolute Gasteiger partial charge is 0.274 e. The second-order valence-corrected chi connectivity index (χ2v) is 6.76. The van der Waals surface area contributed by atoms with Gasteiger partial charge in [-0.05, 0) is 61.4 Å². The van der Waals surface area contributed by atoms with E-state index in [1.807, 2.05) is 32.0 Å². The summed E-state index contributed by atoms with van der Waals surface area (Å²) in [5, 5.41) is 5.57. The van der Waals surface area contributed by atoms with Crippen LogP contribution >= 0.6 is 0 Å². The monoisotopic (exact) mass is 389 g/mol. The van der Waals surface area contributed by atoms with E-state index in [1.165, 1.54) is 0 Å². The number of benzene rings is 2. The average molecular weight is 389 g/mol. The lowest BCUT2D eigenvalue weighted by Gasteiger charge is -2.09. The second-order valence-electron chi connectivity index (χ2n) is 6.76. The third kappa shape index (κ3) is 4.19. The minimum atomic E-state index is -0.426. The van der Waals surface area contributed by atoms with E-state index in [0.29, 0.717) is 22.9 Å². The molecule has 0 spiro atoms. The molecule has 4 rings (SSSR count). The zero-order valence-corrected chi connectivity index (χ0v) is 16.0. The maximum Gasteiger partial charge on any atom is 0.274 e. The third-order valence-corrected chi connectivity index (χ3v) is 4.32. The second kappa shape index (κ2) is 7.63. The van der Waals surface area contributed by atoms with E-state index in [-0.39, 0.29) is 24.1 Å². The van der Waals surface area contributed by atoms with Crippen LogP contribution in [0.1, 0.15) is 32.1 Å². The Morgan fingerprint density at radius 1 is 0.793 bits per heavy atom. The van der Waals surface area contributed by atoms with Crippen molar-refractivity contribution in [1.29, 1.82) is 0 Å². The first-order valence-corrected chi connectivity index (χ1v) is 9.06. The van der Waals surface area contributed by atoms with E-state index < -0.39 is 5.91 Å². The van der Waals surface area contributed by atoms with Crippen molar-refractivity contribution >= 4 is 23.2 Å². The Bertz CT molecular complexity index is 1090. The fourth-order valence-corrected chi connectivity index (χ4v) is 3.10. The first-order chi connectivity index (χ1) is 14.0. The maximum atomic E-state index is 12.6. The third-order valence-electron chi connectivity index (χ3n) is 4.32. The standard InChI is InChI=1S/C22H19N3O4/c1-13-8-14(2)10-16(9-13)24-22(27)18-5-3-4-17(25-18)21(26)23-15-6-7-19-20(11-15)29-12-28-19/h3-11H,12H2,1-2H3,(H,23,26)(H,24,27). The van der Waals surface area contributed by atoms with E-state index in [9.17, 15) is 9.59 Å². The molecular formula is C22H19N3O4. The number of hydrogen-bond acceptors (Lipinski definition) is 5. The number of ether oxygens (including phenoxy) is 2. The van der Waals surface area contributed by atoms with Gasteiger partial charge in [0.05, 0.1) is 0 Å². The number of pyridine rings is 1. The summed E-state index contributed by atoms with van der Waals surface area (Å²) in [6.07, 6.45) is 0. The van der Waals surface area contributed by atoms with Crippen molar-refractivity contribution in [2.75, 3.05) is 17.4 Å². The van der Waals surface area contributed by atoms with Crippen LogP contribution in [-0.2, 0) is 0 Å². The number of fused-ring (bicyclic) bond motifs is 1. The number of nitrogens with one attached hydrogen (secondary N) is 2. The Labute approximate surface area is 167 Å². The van der Waals surface area contributed by atoms with Gasteiger partial charge in [0.2, 0.25) is 6.79 Å². The number of nitrogens with zero attached hydrogens (tertiary/aromatic N) is 1. The maximum absolute atomic E-state index is 12.6. The summed E-state index contributed by atoms with van der Waals surface area (Å²) in [6.45, 7) is 4.08. The van der Waals surface area contributed by atoms with Gasteiger partial charge in [0.1, 0.15) is 11.4 Å². The van der Waals surface area contributed by atoms with Crippen molar-refractivity contribution < 1.29 is 19.1 Å². The highest BCUT2D eigenvalue weighted by Crippen LogP contribution is 2.34. The Balaban J connectivity index is 1.49. The Morgan fingerprint density at radius 3 is 2.10 bits per heavy atom. The quantitative estimate of drug-likeness (QED) is 0.706. The summed E-state index contributed by atoms with van der Waals surface area (Å²) >= 11 is 0. The number of carbonyl (C=O) groups is 2. The summed E-state index contributed by atoms with van der Waals surface area (Å²) < 4.78 is 10.6. The molecule has 0 saturated carbocycles. The molecule has 1 aromatic heterocycles. The zero-order chi connectivity index (χ0) is 20.4. The predicted octanol–water partition coefficient (Wildman–Crippen LogP) is 3.93. The lowest BCUT2D eigenvalue weighted by molar-refractivity contribution is 0.101. The van der Waals surface area contributed by atoms with Gasteiger partial charge in [-0.2, -0.15) is 0 Å². The van der Waals surface area contributed by atoms with Gasteiger partial charge in [0.15, 0.2) is 11.5 Å². The van der Waals surface area contributed by atoms with E-state index in [1.54, 1.807) is 36.4 Å². The minimum absolute atomic E-state index is 0.135. The molecular weight excluding hydrogens is 370 g/mol. The molecule has 1 aliphatic rings. The van der Waals surface area contributed by atoms with Crippen LogP contribution in [0.5, 0.6) is 11.5 Å². The molecule has 7 nitrogen and oxygen atoms in total.